The summed E-state index contributed by atoms with van der Waals surface area (Å²) in [6, 6.07) is 5.85. The molecule has 1 aliphatic carbocycles. The molecule has 1 aliphatic heterocycles. The van der Waals surface area contributed by atoms with Gasteiger partial charge in [0.15, 0.2) is 0 Å². The average molecular weight is 367 g/mol. The van der Waals surface area contributed by atoms with Crippen molar-refractivity contribution < 1.29 is 14.1 Å². The SMILES string of the molecule is Cc1noc(C)c1C(C)C(=O)Nc1ccc2c(c1)CCC(=O)N2CC1CC1. The molecule has 1 saturated carbocycles. The summed E-state index contributed by atoms with van der Waals surface area (Å²) in [5, 5.41) is 6.94. The molecular formula is C21H25N3O3. The summed E-state index contributed by atoms with van der Waals surface area (Å²) in [4.78, 5) is 26.9. The van der Waals surface area contributed by atoms with E-state index in [4.69, 9.17) is 4.52 Å². The van der Waals surface area contributed by atoms with Crippen LogP contribution in [0.3, 0.4) is 0 Å². The Kier molecular flexibility index (Phi) is 4.50. The molecule has 0 bridgehead atoms. The van der Waals surface area contributed by atoms with E-state index < -0.39 is 0 Å². The molecular weight excluding hydrogens is 342 g/mol. The van der Waals surface area contributed by atoms with Crippen LogP contribution in [0.15, 0.2) is 22.7 Å². The van der Waals surface area contributed by atoms with Gasteiger partial charge in [0.2, 0.25) is 11.8 Å². The number of hydrogen-bond acceptors (Lipinski definition) is 4. The van der Waals surface area contributed by atoms with E-state index in [2.05, 4.69) is 10.5 Å². The molecule has 4 rings (SSSR count). The molecule has 1 atom stereocenters. The summed E-state index contributed by atoms with van der Waals surface area (Å²) in [5.74, 6) is 1.09. The number of anilines is 2. The molecule has 1 aromatic heterocycles. The van der Waals surface area contributed by atoms with Gasteiger partial charge in [-0.1, -0.05) is 5.16 Å². The fraction of sp³-hybridized carbons (Fsp3) is 0.476. The van der Waals surface area contributed by atoms with Crippen molar-refractivity contribution in [3.63, 3.8) is 0 Å². The van der Waals surface area contributed by atoms with Crippen molar-refractivity contribution in [2.24, 2.45) is 5.92 Å². The molecule has 0 saturated heterocycles. The predicted molar refractivity (Wildman–Crippen MR) is 103 cm³/mol. The van der Waals surface area contributed by atoms with Crippen LogP contribution < -0.4 is 10.2 Å². The van der Waals surface area contributed by atoms with Crippen molar-refractivity contribution in [2.45, 2.75) is 52.4 Å². The molecule has 6 nitrogen and oxygen atoms in total. The molecule has 0 spiro atoms. The fourth-order valence-electron chi connectivity index (χ4n) is 3.89. The van der Waals surface area contributed by atoms with Crippen LogP contribution in [0.4, 0.5) is 11.4 Å². The number of aryl methyl sites for hydroxylation is 3. The Morgan fingerprint density at radius 2 is 2.11 bits per heavy atom. The highest BCUT2D eigenvalue weighted by atomic mass is 16.5. The van der Waals surface area contributed by atoms with Gasteiger partial charge >= 0.3 is 0 Å². The summed E-state index contributed by atoms with van der Waals surface area (Å²) in [6.07, 6.45) is 3.69. The standard InChI is InChI=1S/C21H25N3O3/c1-12(20-13(2)23-27-14(20)3)21(26)22-17-7-8-18-16(10-17)6-9-19(25)24(18)11-15-4-5-15/h7-8,10,12,15H,4-6,9,11H2,1-3H3,(H,22,26). The van der Waals surface area contributed by atoms with Gasteiger partial charge in [0.05, 0.1) is 11.6 Å². The summed E-state index contributed by atoms with van der Waals surface area (Å²) in [5.41, 5.74) is 4.47. The van der Waals surface area contributed by atoms with Crippen LogP contribution >= 0.6 is 0 Å². The number of aromatic nitrogens is 1. The fourth-order valence-corrected chi connectivity index (χ4v) is 3.89. The maximum Gasteiger partial charge on any atom is 0.231 e. The lowest BCUT2D eigenvalue weighted by Crippen LogP contribution is -2.36. The summed E-state index contributed by atoms with van der Waals surface area (Å²) < 4.78 is 5.18. The van der Waals surface area contributed by atoms with Crippen LogP contribution in [-0.2, 0) is 16.0 Å². The molecule has 2 amide bonds. The zero-order valence-corrected chi connectivity index (χ0v) is 16.0. The molecule has 0 radical (unpaired) electrons. The normalized spacial score (nSPS) is 17.6. The molecule has 1 fully saturated rings. The topological polar surface area (TPSA) is 75.4 Å². The first-order chi connectivity index (χ1) is 12.9. The van der Waals surface area contributed by atoms with Gasteiger partial charge in [0.1, 0.15) is 5.76 Å². The van der Waals surface area contributed by atoms with Gasteiger partial charge in [0.25, 0.3) is 0 Å². The number of carbonyl (C=O) groups excluding carboxylic acids is 2. The van der Waals surface area contributed by atoms with Gasteiger partial charge in [0, 0.05) is 29.9 Å². The van der Waals surface area contributed by atoms with Crippen molar-refractivity contribution >= 4 is 23.2 Å². The van der Waals surface area contributed by atoms with E-state index in [9.17, 15) is 9.59 Å². The van der Waals surface area contributed by atoms with Crippen LogP contribution in [0, 0.1) is 19.8 Å². The Bertz CT molecular complexity index is 879. The smallest absolute Gasteiger partial charge is 0.231 e. The first-order valence-electron chi connectivity index (χ1n) is 9.61. The molecule has 1 N–H and O–H groups in total. The number of hydrogen-bond donors (Lipinski definition) is 1. The number of nitrogens with one attached hydrogen (secondary N) is 1. The molecule has 6 heteroatoms. The lowest BCUT2D eigenvalue weighted by molar-refractivity contribution is -0.119. The third-order valence-electron chi connectivity index (χ3n) is 5.60. The Balaban J connectivity index is 1.52. The van der Waals surface area contributed by atoms with Crippen molar-refractivity contribution in [3.8, 4) is 0 Å². The van der Waals surface area contributed by atoms with Crippen molar-refractivity contribution in [1.82, 2.24) is 5.16 Å². The van der Waals surface area contributed by atoms with E-state index in [0.717, 1.165) is 41.2 Å². The van der Waals surface area contributed by atoms with Crippen LogP contribution in [0.1, 0.15) is 54.7 Å². The predicted octanol–water partition coefficient (Wildman–Crippen LogP) is 3.72. The Morgan fingerprint density at radius 1 is 1.33 bits per heavy atom. The maximum absolute atomic E-state index is 12.7. The number of nitrogens with zero attached hydrogens (tertiary/aromatic N) is 2. The van der Waals surface area contributed by atoms with E-state index in [1.165, 1.54) is 12.8 Å². The van der Waals surface area contributed by atoms with Crippen LogP contribution in [0.5, 0.6) is 0 Å². The quantitative estimate of drug-likeness (QED) is 0.874. The third kappa shape index (κ3) is 3.48. The minimum absolute atomic E-state index is 0.0916. The summed E-state index contributed by atoms with van der Waals surface area (Å²) in [7, 11) is 0. The van der Waals surface area contributed by atoms with Gasteiger partial charge in [-0.15, -0.1) is 0 Å². The van der Waals surface area contributed by atoms with Crippen molar-refractivity contribution in [3.05, 3.63) is 40.8 Å². The number of amides is 2. The minimum Gasteiger partial charge on any atom is -0.361 e. The first-order valence-corrected chi connectivity index (χ1v) is 9.61. The molecule has 2 aromatic rings. The highest BCUT2D eigenvalue weighted by molar-refractivity contribution is 5.99. The minimum atomic E-state index is -0.347. The van der Waals surface area contributed by atoms with E-state index in [1.54, 1.807) is 0 Å². The summed E-state index contributed by atoms with van der Waals surface area (Å²) >= 11 is 0. The Morgan fingerprint density at radius 3 is 2.78 bits per heavy atom. The maximum atomic E-state index is 12.7. The number of fused-ring (bicyclic) bond motifs is 1. The van der Waals surface area contributed by atoms with E-state index in [1.807, 2.05) is 43.9 Å². The molecule has 2 aliphatic rings. The highest BCUT2D eigenvalue weighted by Crippen LogP contribution is 2.36. The Labute approximate surface area is 158 Å². The van der Waals surface area contributed by atoms with E-state index >= 15 is 0 Å². The van der Waals surface area contributed by atoms with Crippen LogP contribution in [0.2, 0.25) is 0 Å². The van der Waals surface area contributed by atoms with Gasteiger partial charge in [-0.25, -0.2) is 0 Å². The molecule has 27 heavy (non-hydrogen) atoms. The molecule has 2 heterocycles. The van der Waals surface area contributed by atoms with Crippen LogP contribution in [0.25, 0.3) is 0 Å². The molecule has 142 valence electrons. The lowest BCUT2D eigenvalue weighted by Gasteiger charge is -2.30. The Hall–Kier alpha value is -2.63. The lowest BCUT2D eigenvalue weighted by atomic mass is 9.97. The van der Waals surface area contributed by atoms with Gasteiger partial charge in [-0.05, 0) is 69.7 Å². The number of benzene rings is 1. The average Bonchev–Trinajstić information content (AvgIpc) is 3.40. The van der Waals surface area contributed by atoms with Gasteiger partial charge in [-0.3, -0.25) is 9.59 Å². The highest BCUT2D eigenvalue weighted by Gasteiger charge is 2.31. The van der Waals surface area contributed by atoms with E-state index in [0.29, 0.717) is 18.1 Å². The summed E-state index contributed by atoms with van der Waals surface area (Å²) in [6.45, 7) is 6.35. The van der Waals surface area contributed by atoms with Crippen molar-refractivity contribution in [1.29, 1.82) is 0 Å². The van der Waals surface area contributed by atoms with Gasteiger partial charge < -0.3 is 14.7 Å². The van der Waals surface area contributed by atoms with Crippen molar-refractivity contribution in [2.75, 3.05) is 16.8 Å². The number of carbonyl (C=O) groups is 2. The number of rotatable bonds is 5. The second-order valence-electron chi connectivity index (χ2n) is 7.74. The van der Waals surface area contributed by atoms with Crippen LogP contribution in [-0.4, -0.2) is 23.5 Å². The zero-order chi connectivity index (χ0) is 19.1. The molecule has 1 unspecified atom stereocenters. The first kappa shape index (κ1) is 17.8. The van der Waals surface area contributed by atoms with Gasteiger partial charge in [-0.2, -0.15) is 0 Å². The van der Waals surface area contributed by atoms with E-state index in [-0.39, 0.29) is 17.7 Å². The zero-order valence-electron chi connectivity index (χ0n) is 16.0. The molecule has 1 aromatic carbocycles. The monoisotopic (exact) mass is 367 g/mol. The largest absolute Gasteiger partial charge is 0.361 e. The second kappa shape index (κ2) is 6.83. The second-order valence-corrected chi connectivity index (χ2v) is 7.74. The third-order valence-corrected chi connectivity index (χ3v) is 5.60.